The molecule has 2 aromatic carbocycles. The van der Waals surface area contributed by atoms with E-state index in [1.54, 1.807) is 10.6 Å². The molecule has 2 N–H and O–H groups in total. The van der Waals surface area contributed by atoms with Crippen LogP contribution in [0, 0.1) is 0 Å². The highest BCUT2D eigenvalue weighted by Crippen LogP contribution is 2.30. The Balaban J connectivity index is 1.53. The van der Waals surface area contributed by atoms with Crippen LogP contribution < -0.4 is 10.6 Å². The zero-order valence-electron chi connectivity index (χ0n) is 14.6. The van der Waals surface area contributed by atoms with E-state index in [2.05, 4.69) is 20.7 Å². The Morgan fingerprint density at radius 3 is 2.32 bits per heavy atom. The third kappa shape index (κ3) is 3.90. The fourth-order valence-corrected chi connectivity index (χ4v) is 2.75. The van der Waals surface area contributed by atoms with E-state index in [1.165, 1.54) is 12.1 Å². The predicted octanol–water partition coefficient (Wildman–Crippen LogP) is 5.10. The molecule has 0 radical (unpaired) electrons. The summed E-state index contributed by atoms with van der Waals surface area (Å²) in [4.78, 5) is 4.37. The highest BCUT2D eigenvalue weighted by atomic mass is 19.4. The molecular weight excluding hydrogens is 367 g/mol. The van der Waals surface area contributed by atoms with Gasteiger partial charge >= 0.3 is 6.18 Å². The van der Waals surface area contributed by atoms with Crippen molar-refractivity contribution in [3.8, 4) is 0 Å². The van der Waals surface area contributed by atoms with Crippen molar-refractivity contribution >= 4 is 23.1 Å². The van der Waals surface area contributed by atoms with Crippen LogP contribution in [-0.4, -0.2) is 14.6 Å². The lowest BCUT2D eigenvalue weighted by Crippen LogP contribution is -2.05. The molecule has 0 aliphatic carbocycles. The van der Waals surface area contributed by atoms with E-state index in [4.69, 9.17) is 0 Å². The highest BCUT2D eigenvalue weighted by Gasteiger charge is 2.29. The number of hydrogen-bond donors (Lipinski definition) is 2. The first-order chi connectivity index (χ1) is 13.5. The fraction of sp³-hybridized carbons (Fsp3) is 0.100. The minimum absolute atomic E-state index is 0.300. The summed E-state index contributed by atoms with van der Waals surface area (Å²) in [6.07, 6.45) is -4.36. The molecule has 28 heavy (non-hydrogen) atoms. The van der Waals surface area contributed by atoms with Gasteiger partial charge in [0.15, 0.2) is 5.65 Å². The van der Waals surface area contributed by atoms with Gasteiger partial charge in [-0.15, -0.1) is 5.10 Å². The van der Waals surface area contributed by atoms with Gasteiger partial charge in [-0.25, -0.2) is 0 Å². The number of aromatic nitrogens is 3. The molecule has 0 saturated carbocycles. The Morgan fingerprint density at radius 1 is 0.857 bits per heavy atom. The van der Waals surface area contributed by atoms with Crippen LogP contribution in [0.2, 0.25) is 0 Å². The molecule has 0 spiro atoms. The number of hydrogen-bond acceptors (Lipinski definition) is 4. The van der Waals surface area contributed by atoms with Crippen molar-refractivity contribution in [2.75, 3.05) is 10.6 Å². The average molecular weight is 383 g/mol. The third-order valence-corrected chi connectivity index (χ3v) is 4.14. The van der Waals surface area contributed by atoms with Crippen LogP contribution in [0.25, 0.3) is 5.65 Å². The van der Waals surface area contributed by atoms with Crippen molar-refractivity contribution < 1.29 is 13.2 Å². The maximum Gasteiger partial charge on any atom is 0.416 e. The second-order valence-electron chi connectivity index (χ2n) is 6.16. The van der Waals surface area contributed by atoms with Crippen LogP contribution in [-0.2, 0) is 12.7 Å². The Hall–Kier alpha value is -3.55. The summed E-state index contributed by atoms with van der Waals surface area (Å²) in [5.74, 6) is 1.06. The molecule has 0 bridgehead atoms. The lowest BCUT2D eigenvalue weighted by molar-refractivity contribution is -0.137. The number of rotatable bonds is 5. The molecule has 0 saturated heterocycles. The lowest BCUT2D eigenvalue weighted by Gasteiger charge is -2.08. The fourth-order valence-electron chi connectivity index (χ4n) is 2.75. The molecule has 142 valence electrons. The van der Waals surface area contributed by atoms with Crippen molar-refractivity contribution in [3.05, 3.63) is 83.9 Å². The molecule has 0 unspecified atom stereocenters. The average Bonchev–Trinajstić information content (AvgIpc) is 3.10. The van der Waals surface area contributed by atoms with Crippen LogP contribution in [0.3, 0.4) is 0 Å². The second-order valence-corrected chi connectivity index (χ2v) is 6.16. The largest absolute Gasteiger partial charge is 0.416 e. The van der Waals surface area contributed by atoms with Crippen LogP contribution in [0.15, 0.2) is 72.8 Å². The Kier molecular flexibility index (Phi) is 4.60. The number of benzene rings is 2. The highest BCUT2D eigenvalue weighted by molar-refractivity contribution is 5.58. The molecule has 4 rings (SSSR count). The van der Waals surface area contributed by atoms with E-state index in [-0.39, 0.29) is 0 Å². The number of anilines is 3. The molecule has 8 heteroatoms. The number of fused-ring (bicyclic) bond motifs is 1. The molecule has 2 heterocycles. The van der Waals surface area contributed by atoms with Gasteiger partial charge in [0.05, 0.1) is 5.56 Å². The monoisotopic (exact) mass is 383 g/mol. The lowest BCUT2D eigenvalue weighted by atomic mass is 10.2. The molecule has 4 aromatic rings. The van der Waals surface area contributed by atoms with Gasteiger partial charge < -0.3 is 10.6 Å². The summed E-state index contributed by atoms with van der Waals surface area (Å²) < 4.78 is 39.7. The van der Waals surface area contributed by atoms with Gasteiger partial charge in [0.2, 0.25) is 5.95 Å². The molecular formula is C20H16F3N5. The van der Waals surface area contributed by atoms with E-state index in [1.807, 2.05) is 42.5 Å². The normalized spacial score (nSPS) is 11.5. The van der Waals surface area contributed by atoms with Crippen molar-refractivity contribution in [1.82, 2.24) is 14.6 Å². The van der Waals surface area contributed by atoms with Crippen LogP contribution in [0.4, 0.5) is 30.6 Å². The first kappa shape index (κ1) is 17.8. The van der Waals surface area contributed by atoms with E-state index in [0.29, 0.717) is 23.8 Å². The summed E-state index contributed by atoms with van der Waals surface area (Å²) in [7, 11) is 0. The number of nitrogens with zero attached hydrogens (tertiary/aromatic N) is 3. The summed E-state index contributed by atoms with van der Waals surface area (Å²) in [5.41, 5.74) is 1.52. The minimum atomic E-state index is -4.36. The second kappa shape index (κ2) is 7.22. The summed E-state index contributed by atoms with van der Waals surface area (Å²) in [5, 5.41) is 10.6. The molecule has 0 aliphatic rings. The zero-order valence-corrected chi connectivity index (χ0v) is 14.6. The van der Waals surface area contributed by atoms with Gasteiger partial charge in [-0.3, -0.25) is 0 Å². The van der Waals surface area contributed by atoms with Gasteiger partial charge in [0.25, 0.3) is 0 Å². The van der Waals surface area contributed by atoms with Gasteiger partial charge in [0, 0.05) is 12.2 Å². The van der Waals surface area contributed by atoms with E-state index < -0.39 is 11.7 Å². The van der Waals surface area contributed by atoms with E-state index >= 15 is 0 Å². The van der Waals surface area contributed by atoms with Crippen molar-refractivity contribution in [2.45, 2.75) is 12.7 Å². The smallest absolute Gasteiger partial charge is 0.366 e. The number of halogens is 3. The quantitative estimate of drug-likeness (QED) is 0.503. The van der Waals surface area contributed by atoms with Crippen LogP contribution in [0.5, 0.6) is 0 Å². The van der Waals surface area contributed by atoms with Crippen LogP contribution in [0.1, 0.15) is 11.1 Å². The van der Waals surface area contributed by atoms with Crippen molar-refractivity contribution in [2.24, 2.45) is 0 Å². The summed E-state index contributed by atoms with van der Waals surface area (Å²) in [6, 6.07) is 20.2. The standard InChI is InChI=1S/C20H16F3N5/c21-20(22,23)15-9-11-16(12-10-15)25-19-26-18-8-4-7-17(28(18)27-19)24-13-14-5-2-1-3-6-14/h1-12,24H,13H2,(H,25,27). The molecule has 0 aliphatic heterocycles. The maximum absolute atomic E-state index is 12.7. The van der Waals surface area contributed by atoms with Crippen LogP contribution >= 0.6 is 0 Å². The van der Waals surface area contributed by atoms with Gasteiger partial charge in [-0.2, -0.15) is 22.7 Å². The first-order valence-corrected chi connectivity index (χ1v) is 8.57. The Bertz CT molecular complexity index is 1070. The van der Waals surface area contributed by atoms with Gasteiger partial charge in [-0.1, -0.05) is 36.4 Å². The molecule has 2 aromatic heterocycles. The summed E-state index contributed by atoms with van der Waals surface area (Å²) >= 11 is 0. The topological polar surface area (TPSA) is 54.2 Å². The van der Waals surface area contributed by atoms with Gasteiger partial charge in [-0.05, 0) is 42.0 Å². The number of nitrogens with one attached hydrogen (secondary N) is 2. The summed E-state index contributed by atoms with van der Waals surface area (Å²) in [6.45, 7) is 0.626. The maximum atomic E-state index is 12.7. The SMILES string of the molecule is FC(F)(F)c1ccc(Nc2nc3cccc(NCc4ccccc4)n3n2)cc1. The number of alkyl halides is 3. The first-order valence-electron chi connectivity index (χ1n) is 8.57. The number of pyridine rings is 1. The minimum Gasteiger partial charge on any atom is -0.366 e. The Morgan fingerprint density at radius 2 is 1.61 bits per heavy atom. The molecule has 0 amide bonds. The molecule has 0 atom stereocenters. The predicted molar refractivity (Wildman–Crippen MR) is 101 cm³/mol. The van der Waals surface area contributed by atoms with Crippen molar-refractivity contribution in [1.29, 1.82) is 0 Å². The third-order valence-electron chi connectivity index (χ3n) is 4.14. The van der Waals surface area contributed by atoms with Crippen molar-refractivity contribution in [3.63, 3.8) is 0 Å². The zero-order chi connectivity index (χ0) is 19.6. The molecule has 5 nitrogen and oxygen atoms in total. The molecule has 0 fully saturated rings. The Labute approximate surface area is 158 Å². The van der Waals surface area contributed by atoms with E-state index in [0.717, 1.165) is 23.5 Å². The van der Waals surface area contributed by atoms with E-state index in [9.17, 15) is 13.2 Å². The van der Waals surface area contributed by atoms with Gasteiger partial charge in [0.1, 0.15) is 5.82 Å².